The molecular weight excluding hydrogens is 304 g/mol. The summed E-state index contributed by atoms with van der Waals surface area (Å²) in [4.78, 5) is 23.4. The summed E-state index contributed by atoms with van der Waals surface area (Å²) in [5.41, 5.74) is 6.47. The third-order valence-electron chi connectivity index (χ3n) is 3.44. The molecule has 0 heterocycles. The minimum atomic E-state index is -0.403. The van der Waals surface area contributed by atoms with Gasteiger partial charge in [0.2, 0.25) is 0 Å². The maximum atomic E-state index is 11.9. The Bertz CT molecular complexity index is 518. The van der Waals surface area contributed by atoms with Crippen molar-refractivity contribution in [2.24, 2.45) is 0 Å². The molecular formula is C19H30N2O3. The fourth-order valence-corrected chi connectivity index (χ4v) is 2.26. The number of hydrogen-bond donors (Lipinski definition) is 2. The first-order valence-corrected chi connectivity index (χ1v) is 8.63. The van der Waals surface area contributed by atoms with Gasteiger partial charge in [0.05, 0.1) is 0 Å². The van der Waals surface area contributed by atoms with Crippen molar-refractivity contribution < 1.29 is 14.3 Å². The van der Waals surface area contributed by atoms with E-state index in [9.17, 15) is 9.59 Å². The molecule has 0 spiro atoms. The Balaban J connectivity index is 2.01. The topological polar surface area (TPSA) is 81.4 Å². The number of unbranched alkanes of at least 4 members (excludes halogenated alkanes) is 4. The van der Waals surface area contributed by atoms with Crippen molar-refractivity contribution in [3.05, 3.63) is 29.8 Å². The van der Waals surface area contributed by atoms with Crippen LogP contribution in [-0.4, -0.2) is 24.0 Å². The van der Waals surface area contributed by atoms with E-state index in [0.29, 0.717) is 24.2 Å². The molecule has 134 valence electrons. The molecule has 1 amide bonds. The first-order valence-electron chi connectivity index (χ1n) is 8.63. The van der Waals surface area contributed by atoms with Gasteiger partial charge in [-0.1, -0.05) is 19.3 Å². The van der Waals surface area contributed by atoms with E-state index in [1.54, 1.807) is 24.3 Å². The van der Waals surface area contributed by atoms with Crippen LogP contribution in [0.2, 0.25) is 0 Å². The van der Waals surface area contributed by atoms with Gasteiger partial charge in [-0.2, -0.15) is 0 Å². The molecule has 24 heavy (non-hydrogen) atoms. The smallest absolute Gasteiger partial charge is 0.306 e. The lowest BCUT2D eigenvalue weighted by Crippen LogP contribution is -2.24. The third kappa shape index (κ3) is 9.18. The quantitative estimate of drug-likeness (QED) is 0.410. The normalized spacial score (nSPS) is 11.1. The Morgan fingerprint density at radius 3 is 2.21 bits per heavy atom. The predicted octanol–water partition coefficient (Wildman–Crippen LogP) is 3.68. The van der Waals surface area contributed by atoms with Crippen LogP contribution >= 0.6 is 0 Å². The molecule has 0 aliphatic heterocycles. The van der Waals surface area contributed by atoms with Crippen LogP contribution in [0.4, 0.5) is 5.69 Å². The lowest BCUT2D eigenvalue weighted by atomic mass is 10.1. The summed E-state index contributed by atoms with van der Waals surface area (Å²) in [6.07, 6.45) is 5.37. The van der Waals surface area contributed by atoms with E-state index in [4.69, 9.17) is 10.5 Å². The van der Waals surface area contributed by atoms with Crippen molar-refractivity contribution >= 4 is 17.6 Å². The number of nitrogens with one attached hydrogen (secondary N) is 1. The summed E-state index contributed by atoms with van der Waals surface area (Å²) in [5, 5.41) is 2.90. The molecule has 1 aromatic carbocycles. The van der Waals surface area contributed by atoms with Gasteiger partial charge >= 0.3 is 5.97 Å². The van der Waals surface area contributed by atoms with Gasteiger partial charge in [-0.25, -0.2) is 0 Å². The van der Waals surface area contributed by atoms with E-state index in [-0.39, 0.29) is 11.9 Å². The van der Waals surface area contributed by atoms with E-state index >= 15 is 0 Å². The Labute approximate surface area is 145 Å². The number of amides is 1. The molecule has 0 aliphatic carbocycles. The summed E-state index contributed by atoms with van der Waals surface area (Å²) in [7, 11) is 0. The number of rotatable bonds is 9. The molecule has 0 saturated carbocycles. The molecule has 3 N–H and O–H groups in total. The zero-order valence-corrected chi connectivity index (χ0v) is 15.1. The highest BCUT2D eigenvalue weighted by molar-refractivity contribution is 5.94. The number of ether oxygens (including phenoxy) is 1. The second-order valence-electron chi connectivity index (χ2n) is 6.98. The molecule has 0 aliphatic rings. The number of benzene rings is 1. The van der Waals surface area contributed by atoms with Gasteiger partial charge in [-0.3, -0.25) is 9.59 Å². The molecule has 0 atom stereocenters. The Hall–Kier alpha value is -2.04. The van der Waals surface area contributed by atoms with Gasteiger partial charge in [-0.15, -0.1) is 0 Å². The number of nitrogen functional groups attached to an aromatic ring is 1. The van der Waals surface area contributed by atoms with Gasteiger partial charge in [-0.05, 0) is 57.9 Å². The average Bonchev–Trinajstić information content (AvgIpc) is 2.48. The van der Waals surface area contributed by atoms with Crippen LogP contribution in [0.1, 0.15) is 69.7 Å². The minimum absolute atomic E-state index is 0.0695. The molecule has 0 fully saturated rings. The molecule has 0 saturated heterocycles. The number of anilines is 1. The molecule has 5 nitrogen and oxygen atoms in total. The zero-order valence-electron chi connectivity index (χ0n) is 15.1. The van der Waals surface area contributed by atoms with Crippen LogP contribution in [0.25, 0.3) is 0 Å². The van der Waals surface area contributed by atoms with Gasteiger partial charge in [0.1, 0.15) is 5.60 Å². The predicted molar refractivity (Wildman–Crippen MR) is 96.7 cm³/mol. The van der Waals surface area contributed by atoms with Crippen LogP contribution in [0.5, 0.6) is 0 Å². The van der Waals surface area contributed by atoms with Crippen LogP contribution < -0.4 is 11.1 Å². The van der Waals surface area contributed by atoms with E-state index in [2.05, 4.69) is 5.32 Å². The Morgan fingerprint density at radius 2 is 1.58 bits per heavy atom. The van der Waals surface area contributed by atoms with Crippen molar-refractivity contribution in [3.8, 4) is 0 Å². The van der Waals surface area contributed by atoms with Crippen molar-refractivity contribution in [3.63, 3.8) is 0 Å². The minimum Gasteiger partial charge on any atom is -0.460 e. The first kappa shape index (κ1) is 20.0. The van der Waals surface area contributed by atoms with Gasteiger partial charge in [0.15, 0.2) is 0 Å². The van der Waals surface area contributed by atoms with Gasteiger partial charge in [0.25, 0.3) is 5.91 Å². The van der Waals surface area contributed by atoms with Crippen molar-refractivity contribution in [2.75, 3.05) is 12.3 Å². The lowest BCUT2D eigenvalue weighted by molar-refractivity contribution is -0.154. The van der Waals surface area contributed by atoms with Crippen LogP contribution in [0, 0.1) is 0 Å². The number of carbonyl (C=O) groups excluding carboxylic acids is 2. The molecule has 5 heteroatoms. The highest BCUT2D eigenvalue weighted by Crippen LogP contribution is 2.11. The monoisotopic (exact) mass is 334 g/mol. The highest BCUT2D eigenvalue weighted by atomic mass is 16.6. The summed E-state index contributed by atoms with van der Waals surface area (Å²) in [6.45, 7) is 6.30. The number of hydrogen-bond acceptors (Lipinski definition) is 4. The standard InChI is InChI=1S/C19H30N2O3/c1-19(2,3)24-17(22)9-7-5-4-6-8-14-21-18(23)15-10-12-16(20)13-11-15/h10-13H,4-9,14,20H2,1-3H3,(H,21,23). The summed E-state index contributed by atoms with van der Waals surface area (Å²) in [5.74, 6) is -0.196. The van der Waals surface area contributed by atoms with E-state index in [1.165, 1.54) is 0 Å². The fraction of sp³-hybridized carbons (Fsp3) is 0.579. The second-order valence-corrected chi connectivity index (χ2v) is 6.98. The Morgan fingerprint density at radius 1 is 1.00 bits per heavy atom. The maximum Gasteiger partial charge on any atom is 0.306 e. The lowest BCUT2D eigenvalue weighted by Gasteiger charge is -2.19. The number of carbonyl (C=O) groups is 2. The van der Waals surface area contributed by atoms with Crippen LogP contribution in [0.3, 0.4) is 0 Å². The van der Waals surface area contributed by atoms with Crippen molar-refractivity contribution in [1.29, 1.82) is 0 Å². The van der Waals surface area contributed by atoms with Crippen molar-refractivity contribution in [2.45, 2.75) is 64.9 Å². The molecule has 0 unspecified atom stereocenters. The molecule has 1 aromatic rings. The van der Waals surface area contributed by atoms with Gasteiger partial charge < -0.3 is 15.8 Å². The molecule has 0 bridgehead atoms. The first-order chi connectivity index (χ1) is 11.3. The molecule has 1 rings (SSSR count). The summed E-state index contributed by atoms with van der Waals surface area (Å²) >= 11 is 0. The van der Waals surface area contributed by atoms with Crippen LogP contribution in [0.15, 0.2) is 24.3 Å². The van der Waals surface area contributed by atoms with Crippen LogP contribution in [-0.2, 0) is 9.53 Å². The van der Waals surface area contributed by atoms with Gasteiger partial charge in [0, 0.05) is 24.2 Å². The average molecular weight is 334 g/mol. The molecule has 0 aromatic heterocycles. The molecule has 0 radical (unpaired) electrons. The highest BCUT2D eigenvalue weighted by Gasteiger charge is 2.15. The number of esters is 1. The van der Waals surface area contributed by atoms with Crippen molar-refractivity contribution in [1.82, 2.24) is 5.32 Å². The third-order valence-corrected chi connectivity index (χ3v) is 3.44. The SMILES string of the molecule is CC(C)(C)OC(=O)CCCCCCCNC(=O)c1ccc(N)cc1. The Kier molecular flexibility index (Phi) is 8.30. The van der Waals surface area contributed by atoms with E-state index in [0.717, 1.165) is 32.1 Å². The summed E-state index contributed by atoms with van der Waals surface area (Å²) in [6, 6.07) is 6.89. The van der Waals surface area contributed by atoms with E-state index in [1.807, 2.05) is 20.8 Å². The largest absolute Gasteiger partial charge is 0.460 e. The second kappa shape index (κ2) is 9.96. The fourth-order valence-electron chi connectivity index (χ4n) is 2.26. The summed E-state index contributed by atoms with van der Waals surface area (Å²) < 4.78 is 5.26. The maximum absolute atomic E-state index is 11.9. The zero-order chi connectivity index (χ0) is 18.0. The number of nitrogens with two attached hydrogens (primary N) is 1. The van der Waals surface area contributed by atoms with E-state index < -0.39 is 5.60 Å².